The molecule has 1 aromatic rings. The maximum Gasteiger partial charge on any atom is 0.407 e. The van der Waals surface area contributed by atoms with E-state index in [1.165, 1.54) is 0 Å². The lowest BCUT2D eigenvalue weighted by Crippen LogP contribution is -2.52. The Balaban J connectivity index is 2.09. The predicted octanol–water partition coefficient (Wildman–Crippen LogP) is 0.340. The highest BCUT2D eigenvalue weighted by atomic mass is 16.5. The summed E-state index contributed by atoms with van der Waals surface area (Å²) in [7, 11) is 1.14. The van der Waals surface area contributed by atoms with E-state index in [0.29, 0.717) is 16.8 Å². The van der Waals surface area contributed by atoms with Crippen molar-refractivity contribution in [2.24, 2.45) is 0 Å². The van der Waals surface area contributed by atoms with Crippen LogP contribution in [-0.2, 0) is 20.7 Å². The van der Waals surface area contributed by atoms with Crippen molar-refractivity contribution >= 4 is 29.4 Å². The molecule has 2 N–H and O–H groups in total. The van der Waals surface area contributed by atoms with Crippen LogP contribution in [0.15, 0.2) is 18.2 Å². The molecule has 2 atom stereocenters. The van der Waals surface area contributed by atoms with Gasteiger partial charge in [-0.1, -0.05) is 12.1 Å². The van der Waals surface area contributed by atoms with E-state index in [2.05, 4.69) is 10.1 Å². The lowest BCUT2D eigenvalue weighted by Gasteiger charge is -2.25. The van der Waals surface area contributed by atoms with Crippen LogP contribution in [0.25, 0.3) is 0 Å². The van der Waals surface area contributed by atoms with Gasteiger partial charge in [-0.2, -0.15) is 0 Å². The summed E-state index contributed by atoms with van der Waals surface area (Å²) in [6, 6.07) is 2.67. The number of anilines is 1. The summed E-state index contributed by atoms with van der Waals surface area (Å²) >= 11 is 0. The molecule has 0 saturated heterocycles. The van der Waals surface area contributed by atoms with Crippen molar-refractivity contribution in [1.29, 1.82) is 0 Å². The smallest absolute Gasteiger partial charge is 0.407 e. The number of hydrogen-bond acceptors (Lipinski definition) is 5. The summed E-state index contributed by atoms with van der Waals surface area (Å²) in [6.07, 6.45) is -0.969. The third-order valence-corrected chi connectivity index (χ3v) is 4.07. The van der Waals surface area contributed by atoms with Crippen molar-refractivity contribution in [3.63, 3.8) is 0 Å². The zero-order chi connectivity index (χ0) is 16.7. The van der Waals surface area contributed by atoms with Crippen LogP contribution in [0.5, 0.6) is 0 Å². The van der Waals surface area contributed by atoms with Gasteiger partial charge in [-0.05, 0) is 11.6 Å². The number of carbonyl (C=O) groups excluding carboxylic acids is 3. The number of alkyl carbamates (subject to hydrolysis) is 1. The Bertz CT molecular complexity index is 729. The van der Waals surface area contributed by atoms with Gasteiger partial charge in [-0.3, -0.25) is 14.5 Å². The quantitative estimate of drug-likeness (QED) is 0.813. The van der Waals surface area contributed by atoms with Crippen molar-refractivity contribution in [3.8, 4) is 0 Å². The highest BCUT2D eigenvalue weighted by Crippen LogP contribution is 2.38. The first-order valence-electron chi connectivity index (χ1n) is 6.99. The molecule has 8 heteroatoms. The minimum atomic E-state index is -1.16. The van der Waals surface area contributed by atoms with Gasteiger partial charge < -0.3 is 15.2 Å². The minimum Gasteiger partial charge on any atom is -0.480 e. The minimum absolute atomic E-state index is 0.127. The zero-order valence-corrected chi connectivity index (χ0v) is 12.2. The largest absolute Gasteiger partial charge is 0.480 e. The van der Waals surface area contributed by atoms with Gasteiger partial charge in [0.25, 0.3) is 5.91 Å². The second-order valence-electron chi connectivity index (χ2n) is 5.40. The first kappa shape index (κ1) is 15.0. The third kappa shape index (κ3) is 2.32. The molecule has 0 saturated carbocycles. The first-order valence-corrected chi connectivity index (χ1v) is 6.99. The molecule has 120 valence electrons. The van der Waals surface area contributed by atoms with Crippen LogP contribution < -0.4 is 10.2 Å². The van der Waals surface area contributed by atoms with Gasteiger partial charge in [-0.25, -0.2) is 9.59 Å². The number of nitrogens with one attached hydrogen (secondary N) is 1. The Kier molecular flexibility index (Phi) is 3.51. The second kappa shape index (κ2) is 5.38. The molecule has 2 aliphatic heterocycles. The topological polar surface area (TPSA) is 113 Å². The number of carbonyl (C=O) groups is 4. The van der Waals surface area contributed by atoms with E-state index < -0.39 is 30.1 Å². The summed E-state index contributed by atoms with van der Waals surface area (Å²) in [4.78, 5) is 49.2. The maximum atomic E-state index is 12.7. The van der Waals surface area contributed by atoms with Crippen LogP contribution in [0.2, 0.25) is 0 Å². The van der Waals surface area contributed by atoms with Crippen LogP contribution >= 0.6 is 0 Å². The SMILES string of the molecule is COC(=O)N[C@H]1CC(=O)c2cccc3c2N(C1=O)[C@H](C(=O)O)C3. The number of aliphatic carboxylic acids is 1. The summed E-state index contributed by atoms with van der Waals surface area (Å²) in [6.45, 7) is 0. The molecular weight excluding hydrogens is 304 g/mol. The molecule has 0 aromatic heterocycles. The molecule has 1 aromatic carbocycles. The molecule has 0 bridgehead atoms. The number of benzene rings is 1. The van der Waals surface area contributed by atoms with Gasteiger partial charge in [-0.15, -0.1) is 0 Å². The summed E-state index contributed by atoms with van der Waals surface area (Å²) in [5, 5.41) is 11.7. The standard InChI is InChI=1S/C15H14N2O6/c1-23-15(22)16-9-6-11(18)8-4-2-3-7-5-10(14(20)21)17(12(7)8)13(9)19/h2-4,9-10H,5-6H2,1H3,(H,16,22)(H,20,21)/t9-,10-/m0/s1. The zero-order valence-electron chi connectivity index (χ0n) is 12.2. The lowest BCUT2D eigenvalue weighted by molar-refractivity contribution is -0.140. The summed E-state index contributed by atoms with van der Waals surface area (Å²) < 4.78 is 4.46. The number of carboxylic acids is 1. The number of hydrogen-bond donors (Lipinski definition) is 2. The van der Waals surface area contributed by atoms with Crippen LogP contribution in [0, 0.1) is 0 Å². The molecule has 2 aliphatic rings. The first-order chi connectivity index (χ1) is 10.9. The van der Waals surface area contributed by atoms with Crippen LogP contribution in [0.1, 0.15) is 22.3 Å². The Hall–Kier alpha value is -2.90. The van der Waals surface area contributed by atoms with E-state index in [-0.39, 0.29) is 18.6 Å². The molecule has 0 radical (unpaired) electrons. The highest BCUT2D eigenvalue weighted by molar-refractivity contribution is 6.16. The molecule has 2 amide bonds. The summed E-state index contributed by atoms with van der Waals surface area (Å²) in [5.41, 5.74) is 1.27. The third-order valence-electron chi connectivity index (χ3n) is 4.07. The van der Waals surface area contributed by atoms with Gasteiger partial charge in [0, 0.05) is 18.4 Å². The number of amides is 2. The lowest BCUT2D eigenvalue weighted by atomic mass is 10.0. The average Bonchev–Trinajstić information content (AvgIpc) is 2.88. The van der Waals surface area contributed by atoms with Crippen molar-refractivity contribution in [2.75, 3.05) is 12.0 Å². The van der Waals surface area contributed by atoms with E-state index >= 15 is 0 Å². The van der Waals surface area contributed by atoms with Crippen molar-refractivity contribution in [3.05, 3.63) is 29.3 Å². The Morgan fingerprint density at radius 2 is 2.04 bits per heavy atom. The van der Waals surface area contributed by atoms with E-state index in [0.717, 1.165) is 12.0 Å². The Morgan fingerprint density at radius 3 is 2.70 bits per heavy atom. The van der Waals surface area contributed by atoms with Crippen molar-refractivity contribution in [2.45, 2.75) is 24.9 Å². The monoisotopic (exact) mass is 318 g/mol. The molecule has 23 heavy (non-hydrogen) atoms. The fourth-order valence-electron chi connectivity index (χ4n) is 3.05. The van der Waals surface area contributed by atoms with Gasteiger partial charge in [0.1, 0.15) is 12.1 Å². The predicted molar refractivity (Wildman–Crippen MR) is 77.3 cm³/mol. The number of methoxy groups -OCH3 is 1. The molecule has 0 spiro atoms. The van der Waals surface area contributed by atoms with E-state index in [1.807, 2.05) is 0 Å². The van der Waals surface area contributed by atoms with Gasteiger partial charge in [0.2, 0.25) is 0 Å². The van der Waals surface area contributed by atoms with Gasteiger partial charge >= 0.3 is 12.1 Å². The number of nitrogens with zero attached hydrogens (tertiary/aromatic N) is 1. The number of carboxylic acid groups (broad SMARTS) is 1. The van der Waals surface area contributed by atoms with Crippen molar-refractivity contribution < 1.29 is 29.0 Å². The molecule has 8 nitrogen and oxygen atoms in total. The highest BCUT2D eigenvalue weighted by Gasteiger charge is 2.46. The number of rotatable bonds is 2. The summed E-state index contributed by atoms with van der Waals surface area (Å²) in [5.74, 6) is -2.11. The van der Waals surface area contributed by atoms with E-state index in [4.69, 9.17) is 0 Å². The fraction of sp³-hybridized carbons (Fsp3) is 0.333. The van der Waals surface area contributed by atoms with Gasteiger partial charge in [0.15, 0.2) is 5.78 Å². The molecular formula is C15H14N2O6. The van der Waals surface area contributed by atoms with E-state index in [9.17, 15) is 24.3 Å². The Morgan fingerprint density at radius 1 is 1.30 bits per heavy atom. The molecule has 0 fully saturated rings. The number of ether oxygens (including phenoxy) is 1. The Labute approximate surface area is 131 Å². The average molecular weight is 318 g/mol. The second-order valence-corrected chi connectivity index (χ2v) is 5.40. The fourth-order valence-corrected chi connectivity index (χ4v) is 3.05. The normalized spacial score (nSPS) is 22.4. The van der Waals surface area contributed by atoms with Crippen LogP contribution in [0.3, 0.4) is 0 Å². The molecule has 2 heterocycles. The molecule has 0 aliphatic carbocycles. The number of Topliss-reactive ketones (excluding diaryl/α,β-unsaturated/α-hetero) is 1. The molecule has 3 rings (SSSR count). The van der Waals surface area contributed by atoms with Crippen LogP contribution in [-0.4, -0.2) is 48.1 Å². The molecule has 0 unspecified atom stereocenters. The van der Waals surface area contributed by atoms with Gasteiger partial charge in [0.05, 0.1) is 12.8 Å². The van der Waals surface area contributed by atoms with Crippen LogP contribution in [0.4, 0.5) is 10.5 Å². The number of para-hydroxylation sites is 1. The van der Waals surface area contributed by atoms with Crippen molar-refractivity contribution in [1.82, 2.24) is 5.32 Å². The van der Waals surface area contributed by atoms with E-state index in [1.54, 1.807) is 18.2 Å². The maximum absolute atomic E-state index is 12.7. The number of ketones is 1.